The predicted octanol–water partition coefficient (Wildman–Crippen LogP) is 0.860. The number of amides is 2. The molecule has 0 rings (SSSR count). The van der Waals surface area contributed by atoms with Crippen molar-refractivity contribution < 1.29 is 19.5 Å². The zero-order valence-electron chi connectivity index (χ0n) is 12.3. The first-order chi connectivity index (χ1) is 8.60. The molecule has 19 heavy (non-hydrogen) atoms. The molecule has 0 spiro atoms. The molecule has 0 saturated heterocycles. The van der Waals surface area contributed by atoms with Gasteiger partial charge in [0.2, 0.25) is 11.8 Å². The van der Waals surface area contributed by atoms with Gasteiger partial charge < -0.3 is 15.3 Å². The molecule has 0 aliphatic heterocycles. The number of hydrogen-bond donors (Lipinski definition) is 2. The van der Waals surface area contributed by atoms with E-state index in [2.05, 4.69) is 5.32 Å². The molecule has 110 valence electrons. The molecule has 0 fully saturated rings. The topological polar surface area (TPSA) is 86.7 Å². The van der Waals surface area contributed by atoms with Gasteiger partial charge in [-0.25, -0.2) is 0 Å². The summed E-state index contributed by atoms with van der Waals surface area (Å²) in [5.74, 6) is -1.59. The van der Waals surface area contributed by atoms with Gasteiger partial charge in [-0.15, -0.1) is 0 Å². The van der Waals surface area contributed by atoms with Crippen LogP contribution in [0, 0.1) is 5.41 Å². The van der Waals surface area contributed by atoms with Crippen molar-refractivity contribution in [1.29, 1.82) is 0 Å². The number of hydrogen-bond acceptors (Lipinski definition) is 3. The van der Waals surface area contributed by atoms with Crippen LogP contribution in [0.4, 0.5) is 0 Å². The SMILES string of the molecule is CCN(CC(=O)NC(C)C)C(=O)CC(C)(C)C(=O)O. The van der Waals surface area contributed by atoms with Gasteiger partial charge in [-0.1, -0.05) is 0 Å². The van der Waals surface area contributed by atoms with E-state index in [0.29, 0.717) is 6.54 Å². The van der Waals surface area contributed by atoms with Gasteiger partial charge in [0.25, 0.3) is 0 Å². The number of aliphatic carboxylic acids is 1. The maximum absolute atomic E-state index is 12.0. The highest BCUT2D eigenvalue weighted by Crippen LogP contribution is 2.21. The molecule has 0 aromatic carbocycles. The maximum Gasteiger partial charge on any atom is 0.309 e. The first-order valence-corrected chi connectivity index (χ1v) is 6.40. The van der Waals surface area contributed by atoms with Crippen LogP contribution in [0.1, 0.15) is 41.0 Å². The minimum absolute atomic E-state index is 0.0109. The van der Waals surface area contributed by atoms with Crippen molar-refractivity contribution in [2.75, 3.05) is 13.1 Å². The summed E-state index contributed by atoms with van der Waals surface area (Å²) in [6.07, 6.45) is -0.120. The van der Waals surface area contributed by atoms with Gasteiger partial charge in [-0.3, -0.25) is 14.4 Å². The van der Waals surface area contributed by atoms with E-state index in [9.17, 15) is 14.4 Å². The Bertz CT molecular complexity index is 351. The fourth-order valence-electron chi connectivity index (χ4n) is 1.48. The summed E-state index contributed by atoms with van der Waals surface area (Å²) in [6, 6.07) is 0.0109. The summed E-state index contributed by atoms with van der Waals surface area (Å²) in [5.41, 5.74) is -1.13. The number of rotatable bonds is 7. The molecule has 0 aromatic heterocycles. The third-order valence-corrected chi connectivity index (χ3v) is 2.69. The normalized spacial score (nSPS) is 11.3. The zero-order valence-corrected chi connectivity index (χ0v) is 12.3. The smallest absolute Gasteiger partial charge is 0.309 e. The molecule has 2 amide bonds. The Morgan fingerprint density at radius 1 is 1.26 bits per heavy atom. The molecule has 6 nitrogen and oxygen atoms in total. The standard InChI is InChI=1S/C13H24N2O4/c1-6-15(8-10(16)14-9(2)3)11(17)7-13(4,5)12(18)19/h9H,6-8H2,1-5H3,(H,14,16)(H,18,19). The van der Waals surface area contributed by atoms with Gasteiger partial charge in [-0.2, -0.15) is 0 Å². The minimum Gasteiger partial charge on any atom is -0.481 e. The Labute approximate surface area is 114 Å². The van der Waals surface area contributed by atoms with Gasteiger partial charge in [0, 0.05) is 19.0 Å². The molecular formula is C13H24N2O4. The molecule has 0 atom stereocenters. The lowest BCUT2D eigenvalue weighted by Gasteiger charge is -2.25. The van der Waals surface area contributed by atoms with E-state index >= 15 is 0 Å². The molecule has 0 unspecified atom stereocenters. The first kappa shape index (κ1) is 17.4. The summed E-state index contributed by atoms with van der Waals surface area (Å²) >= 11 is 0. The van der Waals surface area contributed by atoms with Crippen LogP contribution in [0.15, 0.2) is 0 Å². The second kappa shape index (κ2) is 7.11. The minimum atomic E-state index is -1.13. The molecule has 2 N–H and O–H groups in total. The lowest BCUT2D eigenvalue weighted by molar-refractivity contribution is -0.151. The van der Waals surface area contributed by atoms with Crippen LogP contribution in [0.3, 0.4) is 0 Å². The van der Waals surface area contributed by atoms with Crippen LogP contribution >= 0.6 is 0 Å². The quantitative estimate of drug-likeness (QED) is 0.719. The lowest BCUT2D eigenvalue weighted by Crippen LogP contribution is -2.44. The van der Waals surface area contributed by atoms with Crippen molar-refractivity contribution in [1.82, 2.24) is 10.2 Å². The largest absolute Gasteiger partial charge is 0.481 e. The van der Waals surface area contributed by atoms with Crippen LogP contribution in [0.25, 0.3) is 0 Å². The first-order valence-electron chi connectivity index (χ1n) is 6.40. The van der Waals surface area contributed by atoms with Crippen molar-refractivity contribution in [2.45, 2.75) is 47.1 Å². The third-order valence-electron chi connectivity index (χ3n) is 2.69. The summed E-state index contributed by atoms with van der Waals surface area (Å²) in [4.78, 5) is 36.0. The Kier molecular flexibility index (Phi) is 6.52. The van der Waals surface area contributed by atoms with Gasteiger partial charge >= 0.3 is 5.97 Å². The number of carboxylic acid groups (broad SMARTS) is 1. The fourth-order valence-corrected chi connectivity index (χ4v) is 1.48. The molecule has 0 aliphatic rings. The van der Waals surface area contributed by atoms with Crippen molar-refractivity contribution in [2.24, 2.45) is 5.41 Å². The van der Waals surface area contributed by atoms with E-state index in [1.54, 1.807) is 6.92 Å². The van der Waals surface area contributed by atoms with Crippen molar-refractivity contribution in [3.63, 3.8) is 0 Å². The van der Waals surface area contributed by atoms with Crippen molar-refractivity contribution in [3.8, 4) is 0 Å². The molecule has 0 heterocycles. The number of nitrogens with one attached hydrogen (secondary N) is 1. The number of carbonyl (C=O) groups excluding carboxylic acids is 2. The molecule has 0 aliphatic carbocycles. The third kappa shape index (κ3) is 6.22. The number of carbonyl (C=O) groups is 3. The summed E-state index contributed by atoms with van der Waals surface area (Å²) in [7, 11) is 0. The molecule has 0 aromatic rings. The van der Waals surface area contributed by atoms with Gasteiger partial charge in [0.05, 0.1) is 12.0 Å². The average Bonchev–Trinajstić information content (AvgIpc) is 2.23. The number of likely N-dealkylation sites (N-methyl/N-ethyl adjacent to an activating group) is 1. The van der Waals surface area contributed by atoms with E-state index in [1.165, 1.54) is 18.7 Å². The Morgan fingerprint density at radius 2 is 1.79 bits per heavy atom. The molecule has 0 radical (unpaired) electrons. The van der Waals surface area contributed by atoms with E-state index in [0.717, 1.165) is 0 Å². The second-order valence-electron chi connectivity index (χ2n) is 5.50. The Hall–Kier alpha value is -1.59. The molecular weight excluding hydrogens is 248 g/mol. The van der Waals surface area contributed by atoms with E-state index in [-0.39, 0.29) is 30.8 Å². The van der Waals surface area contributed by atoms with Gasteiger partial charge in [0.15, 0.2) is 0 Å². The fraction of sp³-hybridized carbons (Fsp3) is 0.769. The predicted molar refractivity (Wildman–Crippen MR) is 71.6 cm³/mol. The number of carboxylic acids is 1. The average molecular weight is 272 g/mol. The van der Waals surface area contributed by atoms with Crippen LogP contribution in [0.5, 0.6) is 0 Å². The maximum atomic E-state index is 12.0. The Balaban J connectivity index is 4.57. The number of nitrogens with zero attached hydrogens (tertiary/aromatic N) is 1. The van der Waals surface area contributed by atoms with E-state index in [4.69, 9.17) is 5.11 Å². The molecule has 6 heteroatoms. The Morgan fingerprint density at radius 3 is 2.16 bits per heavy atom. The zero-order chi connectivity index (χ0) is 15.2. The highest BCUT2D eigenvalue weighted by molar-refractivity contribution is 5.88. The van der Waals surface area contributed by atoms with Gasteiger partial charge in [0.1, 0.15) is 0 Å². The van der Waals surface area contributed by atoms with E-state index in [1.807, 2.05) is 13.8 Å². The van der Waals surface area contributed by atoms with Crippen molar-refractivity contribution >= 4 is 17.8 Å². The lowest BCUT2D eigenvalue weighted by atomic mass is 9.89. The summed E-state index contributed by atoms with van der Waals surface area (Å²) < 4.78 is 0. The van der Waals surface area contributed by atoms with Crippen LogP contribution in [0.2, 0.25) is 0 Å². The van der Waals surface area contributed by atoms with E-state index < -0.39 is 11.4 Å². The monoisotopic (exact) mass is 272 g/mol. The molecule has 0 bridgehead atoms. The summed E-state index contributed by atoms with van der Waals surface area (Å²) in [6.45, 7) is 8.76. The summed E-state index contributed by atoms with van der Waals surface area (Å²) in [5, 5.41) is 11.7. The second-order valence-corrected chi connectivity index (χ2v) is 5.50. The molecule has 0 saturated carbocycles. The van der Waals surface area contributed by atoms with Crippen LogP contribution in [-0.2, 0) is 14.4 Å². The van der Waals surface area contributed by atoms with Crippen LogP contribution < -0.4 is 5.32 Å². The highest BCUT2D eigenvalue weighted by Gasteiger charge is 2.32. The highest BCUT2D eigenvalue weighted by atomic mass is 16.4. The van der Waals surface area contributed by atoms with Gasteiger partial charge in [-0.05, 0) is 34.6 Å². The van der Waals surface area contributed by atoms with Crippen molar-refractivity contribution in [3.05, 3.63) is 0 Å². The van der Waals surface area contributed by atoms with Crippen LogP contribution in [-0.4, -0.2) is 46.9 Å².